The monoisotopic (exact) mass is 755 g/mol. The van der Waals surface area contributed by atoms with Crippen LogP contribution in [0.5, 0.6) is 11.5 Å². The van der Waals surface area contributed by atoms with Crippen LogP contribution in [0.1, 0.15) is 33.4 Å². The van der Waals surface area contributed by atoms with Crippen LogP contribution in [0, 0.1) is 13.8 Å². The topological polar surface area (TPSA) is 12.5 Å². The zero-order valence-corrected chi connectivity index (χ0v) is 33.3. The minimum atomic E-state index is -2.66. The molecule has 4 heterocycles. The number of rotatable bonds is 1. The Labute approximate surface area is 339 Å². The molecule has 0 aliphatic carbocycles. The first-order chi connectivity index (χ1) is 28.6. The Morgan fingerprint density at radius 3 is 1.53 bits per heavy atom. The van der Waals surface area contributed by atoms with Gasteiger partial charge in [-0.1, -0.05) is 157 Å². The van der Waals surface area contributed by atoms with Crippen molar-refractivity contribution >= 4 is 56.7 Å². The second-order valence-corrected chi connectivity index (χ2v) is 20.2. The lowest BCUT2D eigenvalue weighted by Crippen LogP contribution is -2.70. The van der Waals surface area contributed by atoms with E-state index in [0.29, 0.717) is 0 Å². The van der Waals surface area contributed by atoms with Crippen molar-refractivity contribution in [2.75, 3.05) is 4.90 Å². The van der Waals surface area contributed by atoms with Gasteiger partial charge in [0.25, 0.3) is 0 Å². The number of nitrogens with zero attached hydrogens (tertiary/aromatic N) is 1. The van der Waals surface area contributed by atoms with Crippen molar-refractivity contribution in [1.82, 2.24) is 0 Å². The fourth-order valence-corrected chi connectivity index (χ4v) is 17.0. The molecule has 4 aliphatic rings. The number of ether oxygens (including phenoxy) is 1. The van der Waals surface area contributed by atoms with E-state index < -0.39 is 13.5 Å². The summed E-state index contributed by atoms with van der Waals surface area (Å²) >= 11 is 0. The van der Waals surface area contributed by atoms with Crippen LogP contribution in [0.4, 0.5) is 17.1 Å². The van der Waals surface area contributed by atoms with E-state index in [1.807, 2.05) is 0 Å². The minimum Gasteiger partial charge on any atom is -0.457 e. The van der Waals surface area contributed by atoms with Crippen LogP contribution in [-0.2, 0) is 5.41 Å². The lowest BCUT2D eigenvalue weighted by Gasteiger charge is -2.49. The molecule has 2 nitrogen and oxygen atoms in total. The van der Waals surface area contributed by atoms with Gasteiger partial charge in [0.1, 0.15) is 11.5 Å². The van der Waals surface area contributed by atoms with Crippen molar-refractivity contribution in [2.24, 2.45) is 0 Å². The van der Waals surface area contributed by atoms with Gasteiger partial charge in [0.05, 0.1) is 16.8 Å². The van der Waals surface area contributed by atoms with Gasteiger partial charge in [0.2, 0.25) is 0 Å². The van der Waals surface area contributed by atoms with Crippen LogP contribution in [0.3, 0.4) is 0 Å². The van der Waals surface area contributed by atoms with Gasteiger partial charge >= 0.3 is 0 Å². The summed E-state index contributed by atoms with van der Waals surface area (Å²) in [7, 11) is -2.66. The standard InChI is InChI=1S/C55H37NOSi/c1-34-23-27-49-45(29-34)55(46-30-35(2)24-28-50(46)57-49)43-18-8-9-19-47(43)56(48-32-37-14-4-3-13-36(37)31-44(48)55)38-25-26-42-41-17-7-12-22-53(41)58(54(42)33-38)51-20-10-5-15-39(51)40-16-6-11-21-52(40)58/h3-33H,1-2H3. The van der Waals surface area contributed by atoms with Gasteiger partial charge in [-0.3, -0.25) is 0 Å². The number of anilines is 3. The van der Waals surface area contributed by atoms with E-state index in [1.54, 1.807) is 0 Å². The molecule has 13 rings (SSSR count). The first-order valence-corrected chi connectivity index (χ1v) is 22.3. The van der Waals surface area contributed by atoms with E-state index in [-0.39, 0.29) is 0 Å². The largest absolute Gasteiger partial charge is 0.457 e. The van der Waals surface area contributed by atoms with Crippen LogP contribution in [0.15, 0.2) is 188 Å². The number of aryl methyl sites for hydroxylation is 2. The Balaban J connectivity index is 1.15. The van der Waals surface area contributed by atoms with Gasteiger partial charge in [0.15, 0.2) is 8.07 Å². The predicted octanol–water partition coefficient (Wildman–Crippen LogP) is 11.1. The molecule has 58 heavy (non-hydrogen) atoms. The van der Waals surface area contributed by atoms with Crippen LogP contribution < -0.4 is 30.4 Å². The van der Waals surface area contributed by atoms with Crippen molar-refractivity contribution in [1.29, 1.82) is 0 Å². The van der Waals surface area contributed by atoms with Gasteiger partial charge in [-0.15, -0.1) is 0 Å². The normalized spacial score (nSPS) is 15.1. The Morgan fingerprint density at radius 1 is 0.397 bits per heavy atom. The maximum atomic E-state index is 6.83. The van der Waals surface area contributed by atoms with Gasteiger partial charge in [-0.05, 0) is 121 Å². The Morgan fingerprint density at radius 2 is 0.914 bits per heavy atom. The highest BCUT2D eigenvalue weighted by molar-refractivity contribution is 7.24. The fourth-order valence-electron chi connectivity index (χ4n) is 11.4. The van der Waals surface area contributed by atoms with Crippen LogP contribution in [-0.4, -0.2) is 8.07 Å². The second kappa shape index (κ2) is 11.3. The quantitative estimate of drug-likeness (QED) is 0.155. The van der Waals surface area contributed by atoms with Crippen molar-refractivity contribution < 1.29 is 4.74 Å². The van der Waals surface area contributed by atoms with E-state index in [2.05, 4.69) is 207 Å². The molecule has 0 saturated carbocycles. The highest BCUT2D eigenvalue weighted by Gasteiger charge is 2.55. The third-order valence-electron chi connectivity index (χ3n) is 13.6. The number of benzene rings is 9. The number of hydrogen-bond acceptors (Lipinski definition) is 2. The molecule has 0 fully saturated rings. The minimum absolute atomic E-state index is 0.625. The molecule has 0 saturated heterocycles. The highest BCUT2D eigenvalue weighted by atomic mass is 28.3. The summed E-state index contributed by atoms with van der Waals surface area (Å²) in [6, 6.07) is 71.4. The predicted molar refractivity (Wildman–Crippen MR) is 242 cm³/mol. The molecule has 0 aromatic heterocycles. The zero-order valence-electron chi connectivity index (χ0n) is 32.3. The van der Waals surface area contributed by atoms with Crippen LogP contribution in [0.2, 0.25) is 0 Å². The molecule has 3 heteroatoms. The average molecular weight is 756 g/mol. The van der Waals surface area contributed by atoms with Gasteiger partial charge in [-0.25, -0.2) is 0 Å². The maximum absolute atomic E-state index is 6.83. The lowest BCUT2D eigenvalue weighted by atomic mass is 9.60. The number of fused-ring (bicyclic) bond motifs is 19. The van der Waals surface area contributed by atoms with E-state index in [9.17, 15) is 0 Å². The smallest absolute Gasteiger partial charge is 0.182 e. The van der Waals surface area contributed by atoms with Crippen LogP contribution in [0.25, 0.3) is 33.0 Å². The van der Waals surface area contributed by atoms with Gasteiger partial charge in [0, 0.05) is 16.8 Å². The molecule has 4 aliphatic heterocycles. The summed E-state index contributed by atoms with van der Waals surface area (Å²) in [6.45, 7) is 4.40. The molecule has 9 aromatic carbocycles. The molecule has 0 amide bonds. The lowest BCUT2D eigenvalue weighted by molar-refractivity contribution is 0.433. The third-order valence-corrected chi connectivity index (χ3v) is 18.5. The van der Waals surface area contributed by atoms with E-state index in [1.165, 1.54) is 104 Å². The maximum Gasteiger partial charge on any atom is 0.182 e. The van der Waals surface area contributed by atoms with Crippen molar-refractivity contribution in [2.45, 2.75) is 19.3 Å². The van der Waals surface area contributed by atoms with E-state index in [4.69, 9.17) is 4.74 Å². The Hall–Kier alpha value is -6.94. The molecular formula is C55H37NOSi. The summed E-state index contributed by atoms with van der Waals surface area (Å²) in [5, 5.41) is 8.39. The van der Waals surface area contributed by atoms with E-state index >= 15 is 0 Å². The van der Waals surface area contributed by atoms with Crippen molar-refractivity contribution in [3.05, 3.63) is 221 Å². The first-order valence-electron chi connectivity index (χ1n) is 20.3. The molecule has 272 valence electrons. The fraction of sp³-hybridized carbons (Fsp3) is 0.0545. The van der Waals surface area contributed by atoms with E-state index in [0.717, 1.165) is 11.5 Å². The molecule has 0 bridgehead atoms. The molecule has 0 radical (unpaired) electrons. The van der Waals surface area contributed by atoms with Crippen molar-refractivity contribution in [3.63, 3.8) is 0 Å². The third kappa shape index (κ3) is 3.87. The summed E-state index contributed by atoms with van der Waals surface area (Å²) in [6.07, 6.45) is 0. The Bertz CT molecular complexity index is 3150. The Kier molecular flexibility index (Phi) is 6.29. The number of hydrogen-bond donors (Lipinski definition) is 0. The molecular weight excluding hydrogens is 719 g/mol. The SMILES string of the molecule is Cc1ccc2c(c1)C1(c3cc(C)ccc3O2)c2ccccc2N(c2ccc3c(c2)[Si]2(c4ccccc4-c4ccccc42)c2ccccc2-3)c2cc3ccccc3cc21. The van der Waals surface area contributed by atoms with Crippen LogP contribution >= 0.6 is 0 Å². The average Bonchev–Trinajstić information content (AvgIpc) is 3.73. The first kappa shape index (κ1) is 32.2. The van der Waals surface area contributed by atoms with Crippen molar-refractivity contribution in [3.8, 4) is 33.8 Å². The molecule has 2 spiro atoms. The molecule has 9 aromatic rings. The summed E-state index contributed by atoms with van der Waals surface area (Å²) in [5.74, 6) is 1.82. The zero-order chi connectivity index (χ0) is 38.3. The van der Waals surface area contributed by atoms with Gasteiger partial charge in [-0.2, -0.15) is 0 Å². The molecule has 0 unspecified atom stereocenters. The highest BCUT2D eigenvalue weighted by Crippen LogP contribution is 2.63. The molecule has 0 atom stereocenters. The number of para-hydroxylation sites is 1. The summed E-state index contributed by atoms with van der Waals surface area (Å²) in [4.78, 5) is 2.57. The second-order valence-electron chi connectivity index (χ2n) is 16.5. The summed E-state index contributed by atoms with van der Waals surface area (Å²) < 4.78 is 6.83. The summed E-state index contributed by atoms with van der Waals surface area (Å²) in [5.41, 5.74) is 15.7. The van der Waals surface area contributed by atoms with Gasteiger partial charge < -0.3 is 9.64 Å². The molecule has 0 N–H and O–H groups in total.